The molecule has 0 saturated heterocycles. The molecular weight excluding hydrogens is 140 g/mol. The summed E-state index contributed by atoms with van der Waals surface area (Å²) in [4.78, 5) is 19.8. The van der Waals surface area contributed by atoms with Gasteiger partial charge in [-0.05, 0) is 12.8 Å². The predicted molar refractivity (Wildman–Crippen MR) is 33.7 cm³/mol. The fourth-order valence-electron chi connectivity index (χ4n) is 0.552. The van der Waals surface area contributed by atoms with Gasteiger partial charge in [0.2, 0.25) is 0 Å². The lowest BCUT2D eigenvalue weighted by atomic mass is 10.2. The van der Waals surface area contributed by atoms with Gasteiger partial charge in [-0.1, -0.05) is 0 Å². The van der Waals surface area contributed by atoms with Crippen molar-refractivity contribution in [2.24, 2.45) is 0 Å². The highest BCUT2D eigenvalue weighted by Gasteiger charge is 1.99. The second kappa shape index (κ2) is 4.78. The van der Waals surface area contributed by atoms with E-state index >= 15 is 0 Å². The average molecular weight is 150 g/mol. The summed E-state index contributed by atoms with van der Waals surface area (Å²) in [6.45, 7) is 0. The monoisotopic (exact) mass is 150 g/mol. The van der Waals surface area contributed by atoms with E-state index in [0.717, 1.165) is 0 Å². The first-order valence-corrected chi connectivity index (χ1v) is 3.06. The van der Waals surface area contributed by atoms with Crippen molar-refractivity contribution >= 4 is 11.9 Å². The summed E-state index contributed by atoms with van der Waals surface area (Å²) >= 11 is 0. The van der Waals surface area contributed by atoms with Crippen LogP contribution in [-0.4, -0.2) is 22.2 Å². The number of carboxylic acid groups (broad SMARTS) is 2. The molecule has 10 heavy (non-hydrogen) atoms. The molecule has 58 valence electrons. The molecule has 0 fully saturated rings. The van der Waals surface area contributed by atoms with Crippen molar-refractivity contribution < 1.29 is 19.8 Å². The number of rotatable bonds is 5. The zero-order valence-electron chi connectivity index (χ0n) is 5.54. The Balaban J connectivity index is 3.06. The molecule has 0 heterocycles. The Bertz CT molecular complexity index is 114. The maximum atomic E-state index is 9.90. The number of hydrogen-bond donors (Lipinski definition) is 2. The van der Waals surface area contributed by atoms with Gasteiger partial charge in [0.25, 0.3) is 0 Å². The Labute approximate surface area is 58.5 Å². The van der Waals surface area contributed by atoms with Crippen LogP contribution in [0, 0.1) is 0 Å². The van der Waals surface area contributed by atoms with E-state index in [4.69, 9.17) is 10.2 Å². The van der Waals surface area contributed by atoms with Crippen LogP contribution >= 0.6 is 0 Å². The number of carboxylic acids is 2. The van der Waals surface area contributed by atoms with E-state index in [1.807, 2.05) is 0 Å². The molecule has 0 aromatic heterocycles. The fraction of sp³-hybridized carbons (Fsp3) is 0.667. The topological polar surface area (TPSA) is 74.6 Å². The van der Waals surface area contributed by atoms with E-state index in [1.54, 1.807) is 0 Å². The Hall–Kier alpha value is -1.06. The standard InChI is InChI=1S/C6H10O4/c7-5(8)3-1-2-4-6(9)10/h1-4H2,(H,7,8)(H,9,10)/i7+1,8+1,9+1,10+1. The average Bonchev–Trinajstić information content (AvgIpc) is 1.79. The summed E-state index contributed by atoms with van der Waals surface area (Å²) < 4.78 is 0. The van der Waals surface area contributed by atoms with Gasteiger partial charge < -0.3 is 10.2 Å². The van der Waals surface area contributed by atoms with Gasteiger partial charge >= 0.3 is 11.9 Å². The first-order chi connectivity index (χ1) is 4.63. The molecule has 0 aliphatic heterocycles. The minimum absolute atomic E-state index is 0.0628. The van der Waals surface area contributed by atoms with Gasteiger partial charge in [-0.15, -0.1) is 0 Å². The van der Waals surface area contributed by atoms with Crippen LogP contribution in [-0.2, 0) is 9.59 Å². The van der Waals surface area contributed by atoms with Crippen molar-refractivity contribution in [3.63, 3.8) is 0 Å². The predicted octanol–water partition coefficient (Wildman–Crippen LogP) is 0.716. The Morgan fingerprint density at radius 2 is 1.20 bits per heavy atom. The van der Waals surface area contributed by atoms with Crippen LogP contribution in [0.4, 0.5) is 0 Å². The Kier molecular flexibility index (Phi) is 4.28. The normalized spacial score (nSPS) is 9.20. The molecule has 0 saturated carbocycles. The highest BCUT2D eigenvalue weighted by Crippen LogP contribution is 1.98. The minimum atomic E-state index is -0.870. The Morgan fingerprint density at radius 3 is 1.40 bits per heavy atom. The second-order valence-corrected chi connectivity index (χ2v) is 1.99. The van der Waals surface area contributed by atoms with E-state index in [-0.39, 0.29) is 12.8 Å². The van der Waals surface area contributed by atoms with Gasteiger partial charge in [-0.25, -0.2) is 0 Å². The van der Waals surface area contributed by atoms with Crippen LogP contribution < -0.4 is 0 Å². The van der Waals surface area contributed by atoms with E-state index in [9.17, 15) is 9.59 Å². The summed E-state index contributed by atoms with van der Waals surface area (Å²) in [6.07, 6.45) is 1.02. The summed E-state index contributed by atoms with van der Waals surface area (Å²) in [6, 6.07) is 0. The third-order valence-electron chi connectivity index (χ3n) is 1.03. The SMILES string of the molecule is [17O]=C([17OH])CCCCC(=[17O])[17OH]. The maximum absolute atomic E-state index is 9.90. The van der Waals surface area contributed by atoms with Gasteiger partial charge in [0.15, 0.2) is 0 Å². The smallest absolute Gasteiger partial charge is 0.303 e. The van der Waals surface area contributed by atoms with Crippen molar-refractivity contribution in [2.75, 3.05) is 0 Å². The molecule has 4 heteroatoms. The largest absolute Gasteiger partial charge is 0.481 e. The molecule has 0 unspecified atom stereocenters. The van der Waals surface area contributed by atoms with Crippen molar-refractivity contribution in [1.82, 2.24) is 0 Å². The molecule has 0 amide bonds. The molecule has 2 N–H and O–H groups in total. The Morgan fingerprint density at radius 1 is 0.900 bits per heavy atom. The summed E-state index contributed by atoms with van der Waals surface area (Å²) in [5.74, 6) is -1.74. The maximum Gasteiger partial charge on any atom is 0.303 e. The number of aliphatic carboxylic acids is 2. The molecule has 0 bridgehead atoms. The fourth-order valence-corrected chi connectivity index (χ4v) is 0.552. The van der Waals surface area contributed by atoms with E-state index < -0.39 is 11.9 Å². The lowest BCUT2D eigenvalue weighted by molar-refractivity contribution is -0.139. The van der Waals surface area contributed by atoms with E-state index in [2.05, 4.69) is 0 Å². The molecule has 0 aromatic carbocycles. The minimum Gasteiger partial charge on any atom is -0.481 e. The van der Waals surface area contributed by atoms with Crippen LogP contribution in [0.3, 0.4) is 0 Å². The van der Waals surface area contributed by atoms with Crippen LogP contribution in [0.2, 0.25) is 0 Å². The van der Waals surface area contributed by atoms with Crippen LogP contribution in [0.5, 0.6) is 0 Å². The third-order valence-corrected chi connectivity index (χ3v) is 1.03. The molecule has 0 radical (unpaired) electrons. The van der Waals surface area contributed by atoms with Gasteiger partial charge in [-0.2, -0.15) is 0 Å². The lowest BCUT2D eigenvalue weighted by Crippen LogP contribution is -1.97. The zero-order valence-corrected chi connectivity index (χ0v) is 5.54. The van der Waals surface area contributed by atoms with Crippen molar-refractivity contribution in [2.45, 2.75) is 25.7 Å². The number of carbonyl (C=O) groups is 2. The van der Waals surface area contributed by atoms with Crippen LogP contribution in [0.15, 0.2) is 0 Å². The first-order valence-electron chi connectivity index (χ1n) is 3.06. The van der Waals surface area contributed by atoms with Gasteiger partial charge in [0, 0.05) is 12.8 Å². The third kappa shape index (κ3) is 6.94. The molecule has 0 aromatic rings. The molecule has 4 nitrogen and oxygen atoms in total. The summed E-state index contributed by atoms with van der Waals surface area (Å²) in [5, 5.41) is 16.3. The molecule has 0 aliphatic carbocycles. The van der Waals surface area contributed by atoms with Crippen LogP contribution in [0.1, 0.15) is 25.7 Å². The highest BCUT2D eigenvalue weighted by molar-refractivity contribution is 5.67. The molecule has 0 rings (SSSR count). The molecule has 0 spiro atoms. The van der Waals surface area contributed by atoms with E-state index in [1.165, 1.54) is 0 Å². The lowest BCUT2D eigenvalue weighted by Gasteiger charge is -1.92. The zero-order chi connectivity index (χ0) is 7.98. The van der Waals surface area contributed by atoms with Crippen molar-refractivity contribution in [3.8, 4) is 0 Å². The summed E-state index contributed by atoms with van der Waals surface area (Å²) in [7, 11) is 0. The second-order valence-electron chi connectivity index (χ2n) is 1.99. The van der Waals surface area contributed by atoms with Gasteiger partial charge in [-0.3, -0.25) is 9.59 Å². The quantitative estimate of drug-likeness (QED) is 0.566. The van der Waals surface area contributed by atoms with Gasteiger partial charge in [0.1, 0.15) is 0 Å². The van der Waals surface area contributed by atoms with Gasteiger partial charge in [0.05, 0.1) is 0 Å². The van der Waals surface area contributed by atoms with Crippen molar-refractivity contribution in [1.29, 1.82) is 0 Å². The number of unbranched alkanes of at least 4 members (excludes halogenated alkanes) is 1. The first kappa shape index (κ1) is 8.94. The molecule has 0 atom stereocenters. The summed E-state index contributed by atoms with van der Waals surface area (Å²) in [5.41, 5.74) is 0. The van der Waals surface area contributed by atoms with Crippen LogP contribution in [0.25, 0.3) is 0 Å². The molecule has 0 aliphatic rings. The van der Waals surface area contributed by atoms with E-state index in [0.29, 0.717) is 12.8 Å². The molecular formula is C6H10O4. The van der Waals surface area contributed by atoms with Crippen molar-refractivity contribution in [3.05, 3.63) is 0 Å². The highest BCUT2D eigenvalue weighted by atomic mass is 17.3. The number of hydrogen-bond acceptors (Lipinski definition) is 2.